The topological polar surface area (TPSA) is 18.5 Å². The summed E-state index contributed by atoms with van der Waals surface area (Å²) < 4.78 is 0. The molecule has 3 heteroatoms. The summed E-state index contributed by atoms with van der Waals surface area (Å²) in [4.78, 5) is 5.50. The minimum absolute atomic E-state index is 0.426. The molecule has 18 heavy (non-hydrogen) atoms. The Labute approximate surface area is 112 Å². The van der Waals surface area contributed by atoms with Crippen LogP contribution in [0.3, 0.4) is 0 Å². The van der Waals surface area contributed by atoms with Crippen molar-refractivity contribution < 1.29 is 0 Å². The van der Waals surface area contributed by atoms with E-state index in [0.29, 0.717) is 5.54 Å². The summed E-state index contributed by atoms with van der Waals surface area (Å²) in [6, 6.07) is 1.60. The molecule has 3 heterocycles. The van der Waals surface area contributed by atoms with Crippen molar-refractivity contribution in [1.82, 2.24) is 15.1 Å². The molecule has 3 nitrogen and oxygen atoms in total. The molecule has 0 spiro atoms. The second-order valence-electron chi connectivity index (χ2n) is 6.73. The maximum atomic E-state index is 3.79. The number of nitrogens with one attached hydrogen (secondary N) is 1. The van der Waals surface area contributed by atoms with Gasteiger partial charge in [-0.25, -0.2) is 0 Å². The maximum Gasteiger partial charge on any atom is 0.0306 e. The smallest absolute Gasteiger partial charge is 0.0306 e. The average Bonchev–Trinajstić information content (AvgIpc) is 2.99. The summed E-state index contributed by atoms with van der Waals surface area (Å²) in [5.74, 6) is 0. The maximum absolute atomic E-state index is 3.79. The summed E-state index contributed by atoms with van der Waals surface area (Å²) >= 11 is 0. The normalized spacial score (nSPS) is 42.3. The van der Waals surface area contributed by atoms with Gasteiger partial charge in [0.15, 0.2) is 0 Å². The van der Waals surface area contributed by atoms with Gasteiger partial charge in [-0.15, -0.1) is 0 Å². The quantitative estimate of drug-likeness (QED) is 0.823. The fraction of sp³-hybridized carbons (Fsp3) is 1.00. The summed E-state index contributed by atoms with van der Waals surface area (Å²) in [6.07, 6.45) is 6.87. The van der Waals surface area contributed by atoms with E-state index < -0.39 is 0 Å². The van der Waals surface area contributed by atoms with E-state index in [1.165, 1.54) is 64.8 Å². The molecular weight excluding hydrogens is 222 g/mol. The minimum Gasteiger partial charge on any atom is -0.310 e. The molecule has 0 aromatic heterocycles. The Balaban J connectivity index is 1.64. The Morgan fingerprint density at radius 1 is 1.28 bits per heavy atom. The molecule has 0 amide bonds. The lowest BCUT2D eigenvalue weighted by molar-refractivity contribution is 0.0389. The molecule has 0 aromatic carbocycles. The number of piperazine rings is 1. The predicted molar refractivity (Wildman–Crippen MR) is 75.9 cm³/mol. The highest BCUT2D eigenvalue weighted by Crippen LogP contribution is 2.29. The van der Waals surface area contributed by atoms with Gasteiger partial charge >= 0.3 is 0 Å². The zero-order chi connectivity index (χ0) is 12.6. The molecule has 3 aliphatic rings. The molecule has 0 aromatic rings. The molecule has 3 unspecified atom stereocenters. The van der Waals surface area contributed by atoms with Gasteiger partial charge in [-0.1, -0.05) is 6.92 Å². The van der Waals surface area contributed by atoms with Crippen molar-refractivity contribution in [2.24, 2.45) is 0 Å². The van der Waals surface area contributed by atoms with Crippen LogP contribution in [-0.2, 0) is 0 Å². The summed E-state index contributed by atoms with van der Waals surface area (Å²) in [5, 5.41) is 3.79. The van der Waals surface area contributed by atoms with Crippen molar-refractivity contribution >= 4 is 0 Å². The van der Waals surface area contributed by atoms with E-state index in [1.54, 1.807) is 0 Å². The Bertz CT molecular complexity index is 285. The first-order valence-corrected chi connectivity index (χ1v) is 7.95. The Morgan fingerprint density at radius 3 is 2.89 bits per heavy atom. The van der Waals surface area contributed by atoms with Crippen LogP contribution in [0.4, 0.5) is 0 Å². The largest absolute Gasteiger partial charge is 0.310 e. The Hall–Kier alpha value is -0.120. The monoisotopic (exact) mass is 251 g/mol. The van der Waals surface area contributed by atoms with Gasteiger partial charge in [-0.2, -0.15) is 0 Å². The van der Waals surface area contributed by atoms with E-state index >= 15 is 0 Å². The van der Waals surface area contributed by atoms with Crippen molar-refractivity contribution in [3.8, 4) is 0 Å². The van der Waals surface area contributed by atoms with Crippen LogP contribution in [0.1, 0.15) is 46.0 Å². The van der Waals surface area contributed by atoms with Crippen LogP contribution in [0.25, 0.3) is 0 Å². The van der Waals surface area contributed by atoms with Crippen LogP contribution in [0, 0.1) is 0 Å². The van der Waals surface area contributed by atoms with Crippen LogP contribution in [0.15, 0.2) is 0 Å². The highest BCUT2D eigenvalue weighted by Gasteiger charge is 2.39. The van der Waals surface area contributed by atoms with E-state index in [2.05, 4.69) is 29.0 Å². The van der Waals surface area contributed by atoms with Gasteiger partial charge in [-0.3, -0.25) is 9.80 Å². The summed E-state index contributed by atoms with van der Waals surface area (Å²) in [6.45, 7) is 11.2. The molecule has 0 saturated carbocycles. The molecule has 3 aliphatic heterocycles. The van der Waals surface area contributed by atoms with Crippen LogP contribution < -0.4 is 5.32 Å². The first-order chi connectivity index (χ1) is 8.72. The van der Waals surface area contributed by atoms with Gasteiger partial charge in [0.2, 0.25) is 0 Å². The van der Waals surface area contributed by atoms with E-state index in [-0.39, 0.29) is 0 Å². The third-order valence-electron chi connectivity index (χ3n) is 5.58. The first-order valence-electron chi connectivity index (χ1n) is 7.95. The van der Waals surface area contributed by atoms with E-state index in [4.69, 9.17) is 0 Å². The van der Waals surface area contributed by atoms with Crippen LogP contribution in [0.2, 0.25) is 0 Å². The van der Waals surface area contributed by atoms with Crippen LogP contribution in [0.5, 0.6) is 0 Å². The third-order valence-corrected chi connectivity index (χ3v) is 5.58. The Morgan fingerprint density at radius 2 is 2.17 bits per heavy atom. The second kappa shape index (κ2) is 5.10. The van der Waals surface area contributed by atoms with Crippen molar-refractivity contribution in [3.05, 3.63) is 0 Å². The third kappa shape index (κ3) is 2.33. The summed E-state index contributed by atoms with van der Waals surface area (Å²) in [7, 11) is 0. The number of hydrogen-bond acceptors (Lipinski definition) is 3. The molecular formula is C15H29N3. The lowest BCUT2D eigenvalue weighted by Gasteiger charge is -2.46. The molecule has 3 saturated heterocycles. The molecule has 3 rings (SSSR count). The number of fused-ring (bicyclic) bond motifs is 1. The fourth-order valence-electron chi connectivity index (χ4n) is 4.27. The zero-order valence-corrected chi connectivity index (χ0v) is 12.1. The molecule has 3 fully saturated rings. The average molecular weight is 251 g/mol. The number of nitrogens with zero attached hydrogens (tertiary/aromatic N) is 2. The highest BCUT2D eigenvalue weighted by atomic mass is 15.3. The molecule has 3 atom stereocenters. The standard InChI is InChI=1S/C15H29N3/c1-3-15(7-5-8-16-15)12-18-11-14-6-4-9-17(14)10-13(18)2/h13-14,16H,3-12H2,1-2H3. The first kappa shape index (κ1) is 12.9. The van der Waals surface area contributed by atoms with Crippen molar-refractivity contribution in [2.75, 3.05) is 32.7 Å². The number of rotatable bonds is 3. The SMILES string of the molecule is CCC1(CN2CC3CCCN3CC2C)CCCN1. The molecule has 0 bridgehead atoms. The second-order valence-corrected chi connectivity index (χ2v) is 6.73. The lowest BCUT2D eigenvalue weighted by Crippen LogP contribution is -2.60. The van der Waals surface area contributed by atoms with E-state index in [9.17, 15) is 0 Å². The van der Waals surface area contributed by atoms with Gasteiger partial charge in [0.05, 0.1) is 0 Å². The zero-order valence-electron chi connectivity index (χ0n) is 12.1. The lowest BCUT2D eigenvalue weighted by atomic mass is 9.92. The molecule has 0 aliphatic carbocycles. The van der Waals surface area contributed by atoms with Gasteiger partial charge in [0.25, 0.3) is 0 Å². The van der Waals surface area contributed by atoms with Crippen molar-refractivity contribution in [1.29, 1.82) is 0 Å². The van der Waals surface area contributed by atoms with Gasteiger partial charge in [0, 0.05) is 37.3 Å². The van der Waals surface area contributed by atoms with Crippen LogP contribution >= 0.6 is 0 Å². The van der Waals surface area contributed by atoms with Crippen LogP contribution in [-0.4, -0.2) is 60.1 Å². The van der Waals surface area contributed by atoms with Gasteiger partial charge < -0.3 is 5.32 Å². The van der Waals surface area contributed by atoms with E-state index in [0.717, 1.165) is 12.1 Å². The number of hydrogen-bond donors (Lipinski definition) is 1. The fourth-order valence-corrected chi connectivity index (χ4v) is 4.27. The van der Waals surface area contributed by atoms with Gasteiger partial charge in [0.1, 0.15) is 0 Å². The Kier molecular flexibility index (Phi) is 3.65. The molecule has 104 valence electrons. The minimum atomic E-state index is 0.426. The van der Waals surface area contributed by atoms with Crippen molar-refractivity contribution in [3.63, 3.8) is 0 Å². The predicted octanol–water partition coefficient (Wildman–Crippen LogP) is 1.69. The van der Waals surface area contributed by atoms with Gasteiger partial charge in [-0.05, 0) is 52.1 Å². The highest BCUT2D eigenvalue weighted by molar-refractivity contribution is 4.98. The molecule has 1 N–H and O–H groups in total. The molecule has 0 radical (unpaired) electrons. The van der Waals surface area contributed by atoms with E-state index in [1.807, 2.05) is 0 Å². The van der Waals surface area contributed by atoms with Crippen molar-refractivity contribution in [2.45, 2.75) is 63.6 Å². The summed E-state index contributed by atoms with van der Waals surface area (Å²) in [5.41, 5.74) is 0.426.